The van der Waals surface area contributed by atoms with Crippen LogP contribution in [0.2, 0.25) is 0 Å². The van der Waals surface area contributed by atoms with Gasteiger partial charge in [-0.25, -0.2) is 0 Å². The van der Waals surface area contributed by atoms with Gasteiger partial charge in [0.25, 0.3) is 0 Å². The minimum Gasteiger partial charge on any atom is -0.355 e. The second-order valence-corrected chi connectivity index (χ2v) is 5.68. The number of carbonyl (C=O) groups excluding carboxylic acids is 2. The second-order valence-electron chi connectivity index (χ2n) is 5.68. The van der Waals surface area contributed by atoms with Gasteiger partial charge in [-0.15, -0.1) is 0 Å². The zero-order chi connectivity index (χ0) is 15.8. The van der Waals surface area contributed by atoms with Crippen LogP contribution in [-0.4, -0.2) is 58.7 Å². The molecule has 0 bridgehead atoms. The number of amides is 2. The first-order chi connectivity index (χ1) is 10.6. The third-order valence-corrected chi connectivity index (χ3v) is 3.87. The van der Waals surface area contributed by atoms with Gasteiger partial charge in [-0.2, -0.15) is 5.10 Å². The van der Waals surface area contributed by atoms with Crippen LogP contribution in [0.1, 0.15) is 26.2 Å². The summed E-state index contributed by atoms with van der Waals surface area (Å²) in [6.45, 7) is 4.59. The summed E-state index contributed by atoms with van der Waals surface area (Å²) in [4.78, 5) is 25.0. The Morgan fingerprint density at radius 3 is 2.82 bits per heavy atom. The number of likely N-dealkylation sites (tertiary alicyclic amines) is 1. The Labute approximate surface area is 131 Å². The van der Waals surface area contributed by atoms with E-state index in [2.05, 4.69) is 20.6 Å². The van der Waals surface area contributed by atoms with Crippen molar-refractivity contribution in [1.29, 1.82) is 0 Å². The minimum absolute atomic E-state index is 0.0118. The van der Waals surface area contributed by atoms with E-state index in [1.54, 1.807) is 6.20 Å². The van der Waals surface area contributed by atoms with E-state index < -0.39 is 0 Å². The Morgan fingerprint density at radius 2 is 2.09 bits per heavy atom. The molecule has 7 nitrogen and oxygen atoms in total. The van der Waals surface area contributed by atoms with Crippen LogP contribution in [0.15, 0.2) is 18.5 Å². The van der Waals surface area contributed by atoms with Gasteiger partial charge in [0.05, 0.1) is 13.1 Å². The number of piperidine rings is 1. The molecule has 1 saturated heterocycles. The van der Waals surface area contributed by atoms with E-state index in [0.29, 0.717) is 25.7 Å². The van der Waals surface area contributed by atoms with E-state index in [4.69, 9.17) is 0 Å². The van der Waals surface area contributed by atoms with Crippen molar-refractivity contribution in [1.82, 2.24) is 25.3 Å². The van der Waals surface area contributed by atoms with Gasteiger partial charge in [-0.1, -0.05) is 6.42 Å². The van der Waals surface area contributed by atoms with Crippen molar-refractivity contribution < 1.29 is 9.59 Å². The highest BCUT2D eigenvalue weighted by atomic mass is 16.2. The Morgan fingerprint density at radius 1 is 1.27 bits per heavy atom. The molecule has 0 saturated carbocycles. The lowest BCUT2D eigenvalue weighted by Crippen LogP contribution is -2.48. The van der Waals surface area contributed by atoms with E-state index in [1.807, 2.05) is 16.9 Å². The van der Waals surface area contributed by atoms with Gasteiger partial charge in [0.15, 0.2) is 0 Å². The van der Waals surface area contributed by atoms with Crippen molar-refractivity contribution in [3.63, 3.8) is 0 Å². The Bertz CT molecular complexity index is 474. The van der Waals surface area contributed by atoms with Crippen LogP contribution < -0.4 is 10.6 Å². The number of nitrogens with zero attached hydrogens (tertiary/aromatic N) is 3. The summed E-state index contributed by atoms with van der Waals surface area (Å²) in [5.74, 6) is -0.0673. The quantitative estimate of drug-likeness (QED) is 0.695. The van der Waals surface area contributed by atoms with Gasteiger partial charge >= 0.3 is 0 Å². The van der Waals surface area contributed by atoms with Crippen molar-refractivity contribution in [3.05, 3.63) is 18.5 Å². The fraction of sp³-hybridized carbons (Fsp3) is 0.667. The zero-order valence-electron chi connectivity index (χ0n) is 13.1. The Kier molecular flexibility index (Phi) is 6.39. The number of aromatic nitrogens is 2. The maximum atomic E-state index is 12.0. The summed E-state index contributed by atoms with van der Waals surface area (Å²) in [5.41, 5.74) is 0. The summed E-state index contributed by atoms with van der Waals surface area (Å²) in [6, 6.07) is 2.27. The van der Waals surface area contributed by atoms with E-state index in [0.717, 1.165) is 25.9 Å². The molecule has 2 amide bonds. The third kappa shape index (κ3) is 5.48. The Hall–Kier alpha value is -1.89. The molecule has 22 heavy (non-hydrogen) atoms. The average molecular weight is 307 g/mol. The van der Waals surface area contributed by atoms with Gasteiger partial charge in [0.1, 0.15) is 0 Å². The summed E-state index contributed by atoms with van der Waals surface area (Å²) < 4.78 is 1.93. The van der Waals surface area contributed by atoms with Crippen molar-refractivity contribution in [2.75, 3.05) is 26.2 Å². The maximum Gasteiger partial charge on any atom is 0.234 e. The van der Waals surface area contributed by atoms with Crippen LogP contribution in [-0.2, 0) is 16.1 Å². The third-order valence-electron chi connectivity index (χ3n) is 3.87. The maximum absolute atomic E-state index is 12.0. The second kappa shape index (κ2) is 8.53. The van der Waals surface area contributed by atoms with Crippen LogP contribution in [0, 0.1) is 0 Å². The molecule has 122 valence electrons. The van der Waals surface area contributed by atoms with Crippen molar-refractivity contribution in [3.8, 4) is 0 Å². The SMILES string of the molecule is CC(=O)NCCNC(=O)CN1CCCC[C@@H]1Cn1cccn1. The van der Waals surface area contributed by atoms with E-state index in [1.165, 1.54) is 13.3 Å². The average Bonchev–Trinajstić information content (AvgIpc) is 2.98. The summed E-state index contributed by atoms with van der Waals surface area (Å²) >= 11 is 0. The highest BCUT2D eigenvalue weighted by molar-refractivity contribution is 5.78. The van der Waals surface area contributed by atoms with Crippen LogP contribution in [0.4, 0.5) is 0 Å². The zero-order valence-corrected chi connectivity index (χ0v) is 13.1. The first-order valence-corrected chi connectivity index (χ1v) is 7.88. The van der Waals surface area contributed by atoms with Crippen LogP contribution >= 0.6 is 0 Å². The molecule has 1 aliphatic heterocycles. The van der Waals surface area contributed by atoms with Crippen LogP contribution in [0.3, 0.4) is 0 Å². The van der Waals surface area contributed by atoms with Crippen LogP contribution in [0.25, 0.3) is 0 Å². The lowest BCUT2D eigenvalue weighted by molar-refractivity contribution is -0.123. The molecule has 1 fully saturated rings. The molecular formula is C15H25N5O2. The first-order valence-electron chi connectivity index (χ1n) is 7.88. The summed E-state index contributed by atoms with van der Waals surface area (Å²) in [7, 11) is 0. The number of nitrogens with one attached hydrogen (secondary N) is 2. The van der Waals surface area contributed by atoms with Crippen molar-refractivity contribution >= 4 is 11.8 Å². The van der Waals surface area contributed by atoms with Gasteiger partial charge in [-0.3, -0.25) is 19.2 Å². The van der Waals surface area contributed by atoms with E-state index in [-0.39, 0.29) is 11.8 Å². The molecule has 0 aromatic carbocycles. The van der Waals surface area contributed by atoms with Gasteiger partial charge < -0.3 is 10.6 Å². The van der Waals surface area contributed by atoms with Crippen molar-refractivity contribution in [2.45, 2.75) is 38.8 Å². The molecule has 1 aliphatic rings. The fourth-order valence-corrected chi connectivity index (χ4v) is 2.78. The molecule has 0 spiro atoms. The van der Waals surface area contributed by atoms with Gasteiger partial charge in [0.2, 0.25) is 11.8 Å². The first kappa shape index (κ1) is 16.5. The summed E-state index contributed by atoms with van der Waals surface area (Å²) in [6.07, 6.45) is 7.17. The van der Waals surface area contributed by atoms with Gasteiger partial charge in [0, 0.05) is 38.4 Å². The molecule has 2 heterocycles. The molecule has 7 heteroatoms. The predicted octanol–water partition coefficient (Wildman–Crippen LogP) is -0.0101. The highest BCUT2D eigenvalue weighted by Gasteiger charge is 2.24. The molecular weight excluding hydrogens is 282 g/mol. The lowest BCUT2D eigenvalue weighted by atomic mass is 10.0. The van der Waals surface area contributed by atoms with Crippen molar-refractivity contribution in [2.24, 2.45) is 0 Å². The largest absolute Gasteiger partial charge is 0.355 e. The molecule has 2 N–H and O–H groups in total. The number of rotatable bonds is 7. The molecule has 1 aromatic heterocycles. The molecule has 0 unspecified atom stereocenters. The molecule has 1 atom stereocenters. The smallest absolute Gasteiger partial charge is 0.234 e. The molecule has 0 aliphatic carbocycles. The predicted molar refractivity (Wildman–Crippen MR) is 83.1 cm³/mol. The van der Waals surface area contributed by atoms with E-state index in [9.17, 15) is 9.59 Å². The minimum atomic E-state index is -0.0791. The fourth-order valence-electron chi connectivity index (χ4n) is 2.78. The lowest BCUT2D eigenvalue weighted by Gasteiger charge is -2.35. The van der Waals surface area contributed by atoms with Gasteiger partial charge in [-0.05, 0) is 25.5 Å². The number of carbonyl (C=O) groups is 2. The van der Waals surface area contributed by atoms with Crippen LogP contribution in [0.5, 0.6) is 0 Å². The molecule has 0 radical (unpaired) electrons. The molecule has 2 rings (SSSR count). The van der Waals surface area contributed by atoms with E-state index >= 15 is 0 Å². The number of hydrogen-bond acceptors (Lipinski definition) is 4. The highest BCUT2D eigenvalue weighted by Crippen LogP contribution is 2.17. The number of hydrogen-bond donors (Lipinski definition) is 2. The summed E-state index contributed by atoms with van der Waals surface area (Å²) in [5, 5.41) is 9.76. The molecule has 1 aromatic rings. The normalized spacial score (nSPS) is 18.9. The monoisotopic (exact) mass is 307 g/mol. The standard InChI is InChI=1S/C15H25N5O2/c1-13(21)16-7-8-17-15(22)12-19-9-3-2-5-14(19)11-20-10-4-6-18-20/h4,6,10,14H,2-3,5,7-9,11-12H2,1H3,(H,16,21)(H,17,22)/t14-/m1/s1. The topological polar surface area (TPSA) is 79.3 Å². The Balaban J connectivity index is 1.75.